The molecule has 0 aromatic rings. The normalized spacial score (nSPS) is 20.4. The van der Waals surface area contributed by atoms with Crippen molar-refractivity contribution >= 4 is 22.1 Å². The number of esters is 2. The molecule has 64 heavy (non-hydrogen) atoms. The van der Waals surface area contributed by atoms with Gasteiger partial charge in [0, 0.05) is 12.8 Å². The zero-order valence-electron chi connectivity index (χ0n) is 39.1. The van der Waals surface area contributed by atoms with Gasteiger partial charge in [-0.05, 0) is 77.0 Å². The molecule has 0 aromatic heterocycles. The highest BCUT2D eigenvalue weighted by atomic mass is 32.2. The fourth-order valence-corrected chi connectivity index (χ4v) is 7.39. The summed E-state index contributed by atoms with van der Waals surface area (Å²) in [6, 6.07) is 0. The maximum atomic E-state index is 12.8. The lowest BCUT2D eigenvalue weighted by Gasteiger charge is -2.40. The number of rotatable bonds is 39. The lowest BCUT2D eigenvalue weighted by Crippen LogP contribution is -2.60. The predicted molar refractivity (Wildman–Crippen MR) is 256 cm³/mol. The standard InChI is InChI=1S/C51H84O12S/c1-3-5-7-9-11-13-15-17-19-21-22-24-26-28-30-32-34-36-38-40-47(53)62-44(42-61-51-50(56)49(55)48(54)45(63-51)43-64(57,58)59)41-60-46(52)39-37-35-33-31-29-27-25-23-20-18-16-14-12-10-8-6-4-2/h11,13,17,19,22,24-25,27-28,30-31,33-34,36,44-45,48-51,54-56H,3-10,12,14-16,18,20-21,23,26,29,32,35,37-43H2,1-2H3,(H,57,58,59)/b13-11+,19-17+,24-22+,27-25+,30-28+,33-31+,36-34+/t44-,45-,48-,49?,50?,51+/m1/s1. The van der Waals surface area contributed by atoms with Gasteiger partial charge in [0.15, 0.2) is 12.4 Å². The molecule has 0 saturated carbocycles. The average molecular weight is 921 g/mol. The molecular weight excluding hydrogens is 837 g/mol. The van der Waals surface area contributed by atoms with Gasteiger partial charge in [0.05, 0.1) is 6.61 Å². The summed E-state index contributed by atoms with van der Waals surface area (Å²) in [7, 11) is -4.62. The van der Waals surface area contributed by atoms with Crippen LogP contribution >= 0.6 is 0 Å². The smallest absolute Gasteiger partial charge is 0.306 e. The van der Waals surface area contributed by atoms with E-state index in [1.54, 1.807) is 0 Å². The van der Waals surface area contributed by atoms with Crippen LogP contribution in [0.25, 0.3) is 0 Å². The monoisotopic (exact) mass is 921 g/mol. The minimum absolute atomic E-state index is 0.0280. The summed E-state index contributed by atoms with van der Waals surface area (Å²) >= 11 is 0. The summed E-state index contributed by atoms with van der Waals surface area (Å²) < 4.78 is 54.0. The molecule has 2 unspecified atom stereocenters. The third-order valence-electron chi connectivity index (χ3n) is 10.5. The summed E-state index contributed by atoms with van der Waals surface area (Å²) in [4.78, 5) is 25.4. The quantitative estimate of drug-likeness (QED) is 0.0198. The second-order valence-corrected chi connectivity index (χ2v) is 17.9. The molecule has 0 bridgehead atoms. The first-order valence-electron chi connectivity index (χ1n) is 24.1. The molecule has 1 aliphatic heterocycles. The molecule has 0 aromatic carbocycles. The maximum Gasteiger partial charge on any atom is 0.306 e. The number of hydrogen-bond acceptors (Lipinski definition) is 11. The first-order chi connectivity index (χ1) is 31.0. The summed E-state index contributed by atoms with van der Waals surface area (Å²) in [5.41, 5.74) is 0. The number of carbonyl (C=O) groups excluding carboxylic acids is 2. The van der Waals surface area contributed by atoms with E-state index >= 15 is 0 Å². The van der Waals surface area contributed by atoms with Crippen LogP contribution in [-0.4, -0.2) is 96.0 Å². The Hall–Kier alpha value is -3.17. The van der Waals surface area contributed by atoms with Crippen LogP contribution < -0.4 is 0 Å². The van der Waals surface area contributed by atoms with Gasteiger partial charge in [0.1, 0.15) is 36.8 Å². The molecule has 1 rings (SSSR count). The van der Waals surface area contributed by atoms with Crippen LogP contribution in [0.5, 0.6) is 0 Å². The molecule has 0 aliphatic carbocycles. The number of aliphatic hydroxyl groups excluding tert-OH is 3. The number of aliphatic hydroxyl groups is 3. The Kier molecular flexibility index (Phi) is 36.9. The molecule has 0 spiro atoms. The number of allylic oxidation sites excluding steroid dienone is 14. The van der Waals surface area contributed by atoms with Crippen molar-refractivity contribution in [3.05, 3.63) is 85.1 Å². The van der Waals surface area contributed by atoms with E-state index in [1.165, 1.54) is 77.0 Å². The van der Waals surface area contributed by atoms with Crippen molar-refractivity contribution in [2.75, 3.05) is 19.0 Å². The van der Waals surface area contributed by atoms with Crippen LogP contribution in [0, 0.1) is 0 Å². The maximum absolute atomic E-state index is 12.8. The molecule has 366 valence electrons. The lowest BCUT2D eigenvalue weighted by atomic mass is 10.00. The Morgan fingerprint density at radius 2 is 0.969 bits per heavy atom. The van der Waals surface area contributed by atoms with E-state index < -0.39 is 71.2 Å². The molecule has 1 saturated heterocycles. The van der Waals surface area contributed by atoms with Crippen LogP contribution in [0.3, 0.4) is 0 Å². The molecule has 0 radical (unpaired) electrons. The predicted octanol–water partition coefficient (Wildman–Crippen LogP) is 10.4. The van der Waals surface area contributed by atoms with Gasteiger partial charge in [-0.25, -0.2) is 0 Å². The first-order valence-corrected chi connectivity index (χ1v) is 25.8. The molecular formula is C51H84O12S. The molecule has 0 amide bonds. The third kappa shape index (κ3) is 34.2. The molecule has 1 heterocycles. The minimum Gasteiger partial charge on any atom is -0.462 e. The van der Waals surface area contributed by atoms with Crippen LogP contribution in [-0.2, 0) is 38.7 Å². The molecule has 13 heteroatoms. The van der Waals surface area contributed by atoms with Gasteiger partial charge in [-0.15, -0.1) is 0 Å². The third-order valence-corrected chi connectivity index (χ3v) is 11.2. The Balaban J connectivity index is 2.51. The highest BCUT2D eigenvalue weighted by Gasteiger charge is 2.46. The molecule has 6 atom stereocenters. The molecule has 4 N–H and O–H groups in total. The fraction of sp³-hybridized carbons (Fsp3) is 0.686. The Morgan fingerprint density at radius 1 is 0.531 bits per heavy atom. The average Bonchev–Trinajstić information content (AvgIpc) is 3.26. The molecule has 1 fully saturated rings. The van der Waals surface area contributed by atoms with Crippen LogP contribution in [0.4, 0.5) is 0 Å². The SMILES string of the molecule is CCCCC/C=C/C/C=C/C/C=C/C/C=C/C/C=C/CCC(=O)O[C@H](COC(=O)CCC/C=C/C/C=C/CCCCCCCCCCC)CO[C@H]1O[C@H](CS(=O)(=O)O)[C@@H](O)C(O)C1O. The van der Waals surface area contributed by atoms with Gasteiger partial charge < -0.3 is 34.3 Å². The number of ether oxygens (including phenoxy) is 4. The van der Waals surface area contributed by atoms with E-state index in [-0.39, 0.29) is 19.4 Å². The van der Waals surface area contributed by atoms with Crippen LogP contribution in [0.2, 0.25) is 0 Å². The van der Waals surface area contributed by atoms with Gasteiger partial charge in [-0.2, -0.15) is 8.42 Å². The van der Waals surface area contributed by atoms with Gasteiger partial charge in [-0.3, -0.25) is 14.1 Å². The Labute approximate surface area is 386 Å². The molecule has 12 nitrogen and oxygen atoms in total. The van der Waals surface area contributed by atoms with Crippen molar-refractivity contribution in [3.8, 4) is 0 Å². The minimum atomic E-state index is -4.62. The highest BCUT2D eigenvalue weighted by Crippen LogP contribution is 2.24. The van der Waals surface area contributed by atoms with Crippen molar-refractivity contribution in [2.24, 2.45) is 0 Å². The van der Waals surface area contributed by atoms with Crippen LogP contribution in [0.15, 0.2) is 85.1 Å². The fourth-order valence-electron chi connectivity index (χ4n) is 6.70. The lowest BCUT2D eigenvalue weighted by molar-refractivity contribution is -0.297. The summed E-state index contributed by atoms with van der Waals surface area (Å²) in [6.07, 6.45) is 43.6. The summed E-state index contributed by atoms with van der Waals surface area (Å²) in [6.45, 7) is 3.63. The number of hydrogen-bond donors (Lipinski definition) is 4. The number of carbonyl (C=O) groups is 2. The topological polar surface area (TPSA) is 186 Å². The van der Waals surface area contributed by atoms with Gasteiger partial charge in [-0.1, -0.05) is 163 Å². The van der Waals surface area contributed by atoms with Crippen molar-refractivity contribution in [1.29, 1.82) is 0 Å². The summed E-state index contributed by atoms with van der Waals surface area (Å²) in [5, 5.41) is 30.9. The van der Waals surface area contributed by atoms with E-state index in [4.69, 9.17) is 18.9 Å². The summed E-state index contributed by atoms with van der Waals surface area (Å²) in [5.74, 6) is -2.16. The zero-order valence-corrected chi connectivity index (χ0v) is 39.9. The number of unbranched alkanes of at least 4 members (excludes halogenated alkanes) is 13. The Morgan fingerprint density at radius 3 is 1.48 bits per heavy atom. The van der Waals surface area contributed by atoms with Crippen molar-refractivity contribution in [1.82, 2.24) is 0 Å². The van der Waals surface area contributed by atoms with Crippen molar-refractivity contribution < 1.29 is 56.8 Å². The highest BCUT2D eigenvalue weighted by molar-refractivity contribution is 7.85. The second kappa shape index (κ2) is 40.1. The van der Waals surface area contributed by atoms with E-state index in [2.05, 4.69) is 74.6 Å². The Bertz CT molecular complexity index is 1500. The largest absolute Gasteiger partial charge is 0.462 e. The first kappa shape index (κ1) is 58.8. The van der Waals surface area contributed by atoms with E-state index in [0.29, 0.717) is 25.7 Å². The van der Waals surface area contributed by atoms with E-state index in [9.17, 15) is 37.9 Å². The van der Waals surface area contributed by atoms with E-state index in [1.807, 2.05) is 24.3 Å². The second-order valence-electron chi connectivity index (χ2n) is 16.4. The van der Waals surface area contributed by atoms with Gasteiger partial charge in [0.2, 0.25) is 0 Å². The van der Waals surface area contributed by atoms with Crippen molar-refractivity contribution in [3.63, 3.8) is 0 Å². The van der Waals surface area contributed by atoms with Gasteiger partial charge >= 0.3 is 11.9 Å². The van der Waals surface area contributed by atoms with E-state index in [0.717, 1.165) is 38.5 Å². The molecule has 1 aliphatic rings. The van der Waals surface area contributed by atoms with Crippen molar-refractivity contribution in [2.45, 2.75) is 205 Å². The van der Waals surface area contributed by atoms with Gasteiger partial charge in [0.25, 0.3) is 10.1 Å². The zero-order chi connectivity index (χ0) is 46.9. The van der Waals surface area contributed by atoms with Crippen LogP contribution in [0.1, 0.15) is 168 Å².